The van der Waals surface area contributed by atoms with Gasteiger partial charge in [0.25, 0.3) is 0 Å². The van der Waals surface area contributed by atoms with E-state index in [1.54, 1.807) is 0 Å². The molecule has 2 aliphatic rings. The molecule has 0 aromatic rings. The molecular formula is C12H21NO2. The van der Waals surface area contributed by atoms with Crippen molar-refractivity contribution in [2.45, 2.75) is 33.1 Å². The first-order chi connectivity index (χ1) is 7.08. The second-order valence-corrected chi connectivity index (χ2v) is 5.41. The fraction of sp³-hybridized carbons (Fsp3) is 0.917. The number of nitrogens with one attached hydrogen (secondary N) is 1. The third kappa shape index (κ3) is 1.57. The van der Waals surface area contributed by atoms with Gasteiger partial charge in [0.2, 0.25) is 0 Å². The minimum Gasteiger partial charge on any atom is -0.481 e. The molecule has 0 aromatic carbocycles. The predicted molar refractivity (Wildman–Crippen MR) is 58.6 cm³/mol. The Labute approximate surface area is 91.2 Å². The van der Waals surface area contributed by atoms with Crippen LogP contribution < -0.4 is 5.32 Å². The van der Waals surface area contributed by atoms with Gasteiger partial charge >= 0.3 is 5.97 Å². The standard InChI is InChI=1S/C12H21NO2/c1-8-4-3-5-12(9(8)2)7-13-6-10(12)11(14)15/h8-10,13H,3-7H2,1-2H3,(H,14,15). The maximum Gasteiger partial charge on any atom is 0.308 e. The third-order valence-electron chi connectivity index (χ3n) is 4.86. The molecule has 15 heavy (non-hydrogen) atoms. The first-order valence-corrected chi connectivity index (χ1v) is 6.01. The van der Waals surface area contributed by atoms with E-state index < -0.39 is 5.97 Å². The van der Waals surface area contributed by atoms with Crippen LogP contribution in [0, 0.1) is 23.2 Å². The Morgan fingerprint density at radius 1 is 1.47 bits per heavy atom. The van der Waals surface area contributed by atoms with Crippen molar-refractivity contribution >= 4 is 5.97 Å². The van der Waals surface area contributed by atoms with E-state index in [9.17, 15) is 9.90 Å². The van der Waals surface area contributed by atoms with Gasteiger partial charge in [0.1, 0.15) is 0 Å². The molecule has 0 aromatic heterocycles. The van der Waals surface area contributed by atoms with Crippen LogP contribution in [0.4, 0.5) is 0 Å². The van der Waals surface area contributed by atoms with E-state index in [0.29, 0.717) is 18.4 Å². The van der Waals surface area contributed by atoms with Crippen molar-refractivity contribution in [1.82, 2.24) is 5.32 Å². The SMILES string of the molecule is CC1CCCC2(CNCC2C(=O)O)C1C. The molecule has 2 N–H and O–H groups in total. The van der Waals surface area contributed by atoms with Crippen LogP contribution in [-0.4, -0.2) is 24.2 Å². The lowest BCUT2D eigenvalue weighted by molar-refractivity contribution is -0.147. The number of aliphatic carboxylic acids is 1. The molecule has 0 amide bonds. The summed E-state index contributed by atoms with van der Waals surface area (Å²) >= 11 is 0. The number of carboxylic acid groups (broad SMARTS) is 1. The van der Waals surface area contributed by atoms with Crippen LogP contribution in [-0.2, 0) is 4.79 Å². The van der Waals surface area contributed by atoms with Crippen LogP contribution in [0.25, 0.3) is 0 Å². The summed E-state index contributed by atoms with van der Waals surface area (Å²) in [6.45, 7) is 6.07. The van der Waals surface area contributed by atoms with E-state index in [-0.39, 0.29) is 11.3 Å². The minimum absolute atomic E-state index is 0.0312. The zero-order chi connectivity index (χ0) is 11.1. The zero-order valence-electron chi connectivity index (χ0n) is 9.62. The Balaban J connectivity index is 2.26. The summed E-state index contributed by atoms with van der Waals surface area (Å²) in [5.41, 5.74) is 0.0312. The van der Waals surface area contributed by atoms with Gasteiger partial charge in [0.15, 0.2) is 0 Å². The Hall–Kier alpha value is -0.570. The Morgan fingerprint density at radius 3 is 2.87 bits per heavy atom. The van der Waals surface area contributed by atoms with E-state index in [0.717, 1.165) is 13.0 Å². The number of carboxylic acids is 1. The van der Waals surface area contributed by atoms with Crippen LogP contribution in [0.2, 0.25) is 0 Å². The lowest BCUT2D eigenvalue weighted by atomic mass is 9.58. The minimum atomic E-state index is -0.610. The average Bonchev–Trinajstić information content (AvgIpc) is 2.59. The van der Waals surface area contributed by atoms with Crippen LogP contribution in [0.15, 0.2) is 0 Å². The first-order valence-electron chi connectivity index (χ1n) is 6.01. The highest BCUT2D eigenvalue weighted by atomic mass is 16.4. The first kappa shape index (κ1) is 10.9. The summed E-state index contributed by atoms with van der Waals surface area (Å²) in [5.74, 6) is 0.416. The van der Waals surface area contributed by atoms with Crippen molar-refractivity contribution in [3.8, 4) is 0 Å². The molecule has 2 rings (SSSR count). The molecule has 1 aliphatic heterocycles. The molecule has 4 atom stereocenters. The van der Waals surface area contributed by atoms with Gasteiger partial charge in [-0.25, -0.2) is 0 Å². The third-order valence-corrected chi connectivity index (χ3v) is 4.86. The normalized spacial score (nSPS) is 45.9. The van der Waals surface area contributed by atoms with E-state index >= 15 is 0 Å². The number of hydrogen-bond donors (Lipinski definition) is 2. The van der Waals surface area contributed by atoms with E-state index in [2.05, 4.69) is 19.2 Å². The smallest absolute Gasteiger partial charge is 0.308 e. The van der Waals surface area contributed by atoms with Gasteiger partial charge in [-0.05, 0) is 18.3 Å². The molecule has 1 heterocycles. The van der Waals surface area contributed by atoms with Gasteiger partial charge in [0.05, 0.1) is 5.92 Å². The maximum absolute atomic E-state index is 11.3. The Kier molecular flexibility index (Phi) is 2.75. The molecule has 1 saturated carbocycles. The zero-order valence-corrected chi connectivity index (χ0v) is 9.62. The monoisotopic (exact) mass is 211 g/mol. The summed E-state index contributed by atoms with van der Waals surface area (Å²) in [4.78, 5) is 11.3. The summed E-state index contributed by atoms with van der Waals surface area (Å²) in [5, 5.41) is 12.6. The second-order valence-electron chi connectivity index (χ2n) is 5.41. The summed E-state index contributed by atoms with van der Waals surface area (Å²) < 4.78 is 0. The average molecular weight is 211 g/mol. The Morgan fingerprint density at radius 2 is 2.20 bits per heavy atom. The van der Waals surface area contributed by atoms with Gasteiger partial charge in [-0.3, -0.25) is 4.79 Å². The van der Waals surface area contributed by atoms with Gasteiger partial charge in [0, 0.05) is 18.5 Å². The van der Waals surface area contributed by atoms with E-state index in [1.165, 1.54) is 12.8 Å². The lowest BCUT2D eigenvalue weighted by Crippen LogP contribution is -2.45. The molecule has 1 spiro atoms. The summed E-state index contributed by atoms with van der Waals surface area (Å²) in [6.07, 6.45) is 3.54. The van der Waals surface area contributed by atoms with Crippen molar-refractivity contribution in [2.75, 3.05) is 13.1 Å². The number of hydrogen-bond acceptors (Lipinski definition) is 2. The molecule has 86 valence electrons. The van der Waals surface area contributed by atoms with Crippen molar-refractivity contribution in [3.63, 3.8) is 0 Å². The second kappa shape index (κ2) is 3.78. The predicted octanol–water partition coefficient (Wildman–Crippen LogP) is 1.73. The Bertz CT molecular complexity index is 266. The summed E-state index contributed by atoms with van der Waals surface area (Å²) in [7, 11) is 0. The van der Waals surface area contributed by atoms with Gasteiger partial charge in [-0.2, -0.15) is 0 Å². The fourth-order valence-electron chi connectivity index (χ4n) is 3.65. The van der Waals surface area contributed by atoms with Crippen LogP contribution in [0.5, 0.6) is 0 Å². The highest BCUT2D eigenvalue weighted by Gasteiger charge is 2.52. The van der Waals surface area contributed by atoms with Crippen LogP contribution >= 0.6 is 0 Å². The molecule has 1 saturated heterocycles. The van der Waals surface area contributed by atoms with Gasteiger partial charge in [-0.15, -0.1) is 0 Å². The van der Waals surface area contributed by atoms with Crippen molar-refractivity contribution in [1.29, 1.82) is 0 Å². The van der Waals surface area contributed by atoms with E-state index in [1.807, 2.05) is 0 Å². The maximum atomic E-state index is 11.3. The molecule has 3 heteroatoms. The van der Waals surface area contributed by atoms with Crippen LogP contribution in [0.1, 0.15) is 33.1 Å². The molecule has 2 fully saturated rings. The quantitative estimate of drug-likeness (QED) is 0.694. The molecule has 0 bridgehead atoms. The lowest BCUT2D eigenvalue weighted by Gasteiger charge is -2.45. The highest BCUT2D eigenvalue weighted by molar-refractivity contribution is 5.72. The van der Waals surface area contributed by atoms with Crippen molar-refractivity contribution in [3.05, 3.63) is 0 Å². The molecule has 1 aliphatic carbocycles. The van der Waals surface area contributed by atoms with E-state index in [4.69, 9.17) is 0 Å². The van der Waals surface area contributed by atoms with Crippen LogP contribution in [0.3, 0.4) is 0 Å². The molecule has 3 nitrogen and oxygen atoms in total. The highest BCUT2D eigenvalue weighted by Crippen LogP contribution is 2.50. The molecule has 4 unspecified atom stereocenters. The molecular weight excluding hydrogens is 190 g/mol. The van der Waals surface area contributed by atoms with Crippen molar-refractivity contribution in [2.24, 2.45) is 23.2 Å². The van der Waals surface area contributed by atoms with Crippen molar-refractivity contribution < 1.29 is 9.90 Å². The topological polar surface area (TPSA) is 49.3 Å². The van der Waals surface area contributed by atoms with Gasteiger partial charge < -0.3 is 10.4 Å². The largest absolute Gasteiger partial charge is 0.481 e. The summed E-state index contributed by atoms with van der Waals surface area (Å²) in [6, 6.07) is 0. The number of rotatable bonds is 1. The molecule has 0 radical (unpaired) electrons. The van der Waals surface area contributed by atoms with Gasteiger partial charge in [-0.1, -0.05) is 26.7 Å². The number of carbonyl (C=O) groups is 1. The fourth-order valence-corrected chi connectivity index (χ4v) is 3.65.